The van der Waals surface area contributed by atoms with Gasteiger partial charge in [-0.3, -0.25) is 4.90 Å². The second-order valence-electron chi connectivity index (χ2n) is 5.44. The molecule has 1 N–H and O–H groups in total. The van der Waals surface area contributed by atoms with Crippen LogP contribution in [0.1, 0.15) is 44.9 Å². The van der Waals surface area contributed by atoms with Gasteiger partial charge in [-0.05, 0) is 50.9 Å². The van der Waals surface area contributed by atoms with Crippen molar-refractivity contribution in [2.45, 2.75) is 63.1 Å². The molecular formula is C12H21NO. The molecule has 0 aromatic heterocycles. The third-order valence-electron chi connectivity index (χ3n) is 4.05. The summed E-state index contributed by atoms with van der Waals surface area (Å²) in [5.74, 6) is 0.975. The lowest BCUT2D eigenvalue weighted by Gasteiger charge is -2.31. The van der Waals surface area contributed by atoms with E-state index < -0.39 is 0 Å². The highest BCUT2D eigenvalue weighted by molar-refractivity contribution is 4.96. The van der Waals surface area contributed by atoms with Crippen LogP contribution in [0.15, 0.2) is 0 Å². The summed E-state index contributed by atoms with van der Waals surface area (Å²) in [5.41, 5.74) is 0. The molecule has 0 heterocycles. The Hall–Kier alpha value is -0.0800. The summed E-state index contributed by atoms with van der Waals surface area (Å²) in [6.45, 7) is 1.28. The van der Waals surface area contributed by atoms with Crippen LogP contribution >= 0.6 is 0 Å². The number of rotatable bonds is 4. The van der Waals surface area contributed by atoms with E-state index in [1.54, 1.807) is 0 Å². The molecule has 0 aromatic carbocycles. The van der Waals surface area contributed by atoms with Crippen LogP contribution in [0.2, 0.25) is 0 Å². The summed E-state index contributed by atoms with van der Waals surface area (Å²) in [7, 11) is 0. The summed E-state index contributed by atoms with van der Waals surface area (Å²) in [5, 5.41) is 9.93. The zero-order chi connectivity index (χ0) is 9.54. The topological polar surface area (TPSA) is 23.5 Å². The van der Waals surface area contributed by atoms with Gasteiger partial charge in [0.1, 0.15) is 0 Å². The monoisotopic (exact) mass is 195 g/mol. The Bertz CT molecular complexity index is 210. The fraction of sp³-hybridized carbons (Fsp3) is 1.00. The van der Waals surface area contributed by atoms with Crippen molar-refractivity contribution in [2.24, 2.45) is 5.92 Å². The molecule has 2 heteroatoms. The molecule has 3 saturated carbocycles. The largest absolute Gasteiger partial charge is 0.391 e. The van der Waals surface area contributed by atoms with Crippen molar-refractivity contribution in [3.8, 4) is 0 Å². The Morgan fingerprint density at radius 2 is 1.79 bits per heavy atom. The Labute approximate surface area is 86.3 Å². The van der Waals surface area contributed by atoms with Crippen molar-refractivity contribution < 1.29 is 5.11 Å². The minimum absolute atomic E-state index is 0.0191. The average molecular weight is 195 g/mol. The third kappa shape index (κ3) is 1.82. The number of hydrogen-bond acceptors (Lipinski definition) is 2. The molecule has 2 atom stereocenters. The van der Waals surface area contributed by atoms with Gasteiger partial charge >= 0.3 is 0 Å². The van der Waals surface area contributed by atoms with Gasteiger partial charge in [0.2, 0.25) is 0 Å². The molecule has 3 rings (SSSR count). The molecule has 0 aliphatic heterocycles. The summed E-state index contributed by atoms with van der Waals surface area (Å²) < 4.78 is 0. The summed E-state index contributed by atoms with van der Waals surface area (Å²) in [6, 6.07) is 1.36. The van der Waals surface area contributed by atoms with Crippen LogP contribution in [0.5, 0.6) is 0 Å². The summed E-state index contributed by atoms with van der Waals surface area (Å²) in [6.07, 6.45) is 9.14. The lowest BCUT2D eigenvalue weighted by atomic mass is 10.1. The van der Waals surface area contributed by atoms with E-state index in [1.807, 2.05) is 0 Å². The second kappa shape index (κ2) is 3.49. The van der Waals surface area contributed by atoms with Crippen molar-refractivity contribution >= 4 is 0 Å². The van der Waals surface area contributed by atoms with Crippen LogP contribution in [-0.2, 0) is 0 Å². The molecule has 80 valence electrons. The molecule has 3 fully saturated rings. The molecular weight excluding hydrogens is 174 g/mol. The highest BCUT2D eigenvalue weighted by Crippen LogP contribution is 2.39. The standard InChI is InChI=1S/C12H21NO/c14-12-3-1-2-11(12)13(10-6-7-10)8-9-4-5-9/h9-12,14H,1-8H2/t11-,12-/m1/s1. The summed E-state index contributed by atoms with van der Waals surface area (Å²) >= 11 is 0. The van der Waals surface area contributed by atoms with E-state index in [9.17, 15) is 5.11 Å². The zero-order valence-corrected chi connectivity index (χ0v) is 8.86. The predicted octanol–water partition coefficient (Wildman–Crippen LogP) is 1.77. The third-order valence-corrected chi connectivity index (χ3v) is 4.05. The number of aliphatic hydroxyl groups is 1. The minimum Gasteiger partial charge on any atom is -0.391 e. The maximum absolute atomic E-state index is 9.93. The lowest BCUT2D eigenvalue weighted by Crippen LogP contribution is -2.43. The Morgan fingerprint density at radius 3 is 2.29 bits per heavy atom. The Kier molecular flexibility index (Phi) is 2.29. The molecule has 0 aromatic rings. The van der Waals surface area contributed by atoms with Gasteiger partial charge in [-0.25, -0.2) is 0 Å². The van der Waals surface area contributed by atoms with Gasteiger partial charge in [0.25, 0.3) is 0 Å². The maximum Gasteiger partial charge on any atom is 0.0695 e. The first-order valence-corrected chi connectivity index (χ1v) is 6.28. The molecule has 0 unspecified atom stereocenters. The van der Waals surface area contributed by atoms with Gasteiger partial charge in [0, 0.05) is 18.6 Å². The van der Waals surface area contributed by atoms with E-state index in [2.05, 4.69) is 4.90 Å². The highest BCUT2D eigenvalue weighted by atomic mass is 16.3. The van der Waals surface area contributed by atoms with Crippen LogP contribution in [0.3, 0.4) is 0 Å². The first-order chi connectivity index (χ1) is 6.84. The van der Waals surface area contributed by atoms with Crippen molar-refractivity contribution in [3.63, 3.8) is 0 Å². The Balaban J connectivity index is 1.63. The fourth-order valence-corrected chi connectivity index (χ4v) is 2.87. The van der Waals surface area contributed by atoms with E-state index in [0.717, 1.165) is 18.4 Å². The first-order valence-electron chi connectivity index (χ1n) is 6.28. The number of nitrogens with zero attached hydrogens (tertiary/aromatic N) is 1. The smallest absolute Gasteiger partial charge is 0.0695 e. The van der Waals surface area contributed by atoms with Crippen molar-refractivity contribution in [1.29, 1.82) is 0 Å². The lowest BCUT2D eigenvalue weighted by molar-refractivity contribution is 0.0625. The van der Waals surface area contributed by atoms with Crippen molar-refractivity contribution in [1.82, 2.24) is 4.90 Å². The van der Waals surface area contributed by atoms with Gasteiger partial charge < -0.3 is 5.11 Å². The normalized spacial score (nSPS) is 38.1. The van der Waals surface area contributed by atoms with Crippen LogP contribution in [-0.4, -0.2) is 34.7 Å². The Morgan fingerprint density at radius 1 is 1.00 bits per heavy atom. The van der Waals surface area contributed by atoms with E-state index in [1.165, 1.54) is 45.1 Å². The van der Waals surface area contributed by atoms with E-state index >= 15 is 0 Å². The fourth-order valence-electron chi connectivity index (χ4n) is 2.87. The molecule has 0 saturated heterocycles. The minimum atomic E-state index is -0.0191. The number of aliphatic hydroxyl groups excluding tert-OH is 1. The van der Waals surface area contributed by atoms with Crippen LogP contribution in [0, 0.1) is 5.92 Å². The van der Waals surface area contributed by atoms with Gasteiger partial charge in [-0.2, -0.15) is 0 Å². The molecule has 0 amide bonds. The first kappa shape index (κ1) is 9.17. The summed E-state index contributed by atoms with van der Waals surface area (Å²) in [4.78, 5) is 2.65. The second-order valence-corrected chi connectivity index (χ2v) is 5.44. The van der Waals surface area contributed by atoms with E-state index in [4.69, 9.17) is 0 Å². The SMILES string of the molecule is O[C@@H]1CCC[C@H]1N(CC1CC1)C1CC1. The maximum atomic E-state index is 9.93. The molecule has 3 aliphatic carbocycles. The molecule has 3 aliphatic rings. The van der Waals surface area contributed by atoms with Crippen LogP contribution in [0.25, 0.3) is 0 Å². The van der Waals surface area contributed by atoms with E-state index in [-0.39, 0.29) is 6.10 Å². The van der Waals surface area contributed by atoms with E-state index in [0.29, 0.717) is 6.04 Å². The van der Waals surface area contributed by atoms with Crippen LogP contribution in [0.4, 0.5) is 0 Å². The van der Waals surface area contributed by atoms with Gasteiger partial charge in [0.05, 0.1) is 6.10 Å². The molecule has 0 radical (unpaired) electrons. The van der Waals surface area contributed by atoms with Gasteiger partial charge in [-0.1, -0.05) is 0 Å². The predicted molar refractivity (Wildman–Crippen MR) is 56.1 cm³/mol. The van der Waals surface area contributed by atoms with Gasteiger partial charge in [0.15, 0.2) is 0 Å². The molecule has 14 heavy (non-hydrogen) atoms. The number of hydrogen-bond donors (Lipinski definition) is 1. The molecule has 2 nitrogen and oxygen atoms in total. The molecule has 0 bridgehead atoms. The van der Waals surface area contributed by atoms with Crippen molar-refractivity contribution in [2.75, 3.05) is 6.54 Å². The highest BCUT2D eigenvalue weighted by Gasteiger charge is 2.41. The zero-order valence-electron chi connectivity index (χ0n) is 8.86. The quantitative estimate of drug-likeness (QED) is 0.739. The average Bonchev–Trinajstić information content (AvgIpc) is 3.04. The molecule has 0 spiro atoms. The van der Waals surface area contributed by atoms with Crippen LogP contribution < -0.4 is 0 Å². The van der Waals surface area contributed by atoms with Crippen molar-refractivity contribution in [3.05, 3.63) is 0 Å². The van der Waals surface area contributed by atoms with Gasteiger partial charge in [-0.15, -0.1) is 0 Å².